The van der Waals surface area contributed by atoms with E-state index in [2.05, 4.69) is 22.0 Å². The molecule has 0 spiro atoms. The molecule has 3 N–H and O–H groups in total. The summed E-state index contributed by atoms with van der Waals surface area (Å²) in [6.45, 7) is 0.0137. The van der Waals surface area contributed by atoms with Crippen LogP contribution in [0.25, 0.3) is 10.8 Å². The fourth-order valence-electron chi connectivity index (χ4n) is 4.58. The number of rotatable bonds is 5. The van der Waals surface area contributed by atoms with E-state index in [-0.39, 0.29) is 17.9 Å². The van der Waals surface area contributed by atoms with Gasteiger partial charge in [-0.25, -0.2) is 13.6 Å². The highest BCUT2D eigenvalue weighted by Crippen LogP contribution is 2.46. The van der Waals surface area contributed by atoms with Crippen molar-refractivity contribution in [2.75, 3.05) is 13.7 Å². The van der Waals surface area contributed by atoms with Gasteiger partial charge in [-0.1, -0.05) is 36.4 Å². The van der Waals surface area contributed by atoms with Gasteiger partial charge < -0.3 is 20.7 Å². The van der Waals surface area contributed by atoms with Crippen molar-refractivity contribution in [3.8, 4) is 5.75 Å². The van der Waals surface area contributed by atoms with Gasteiger partial charge in [-0.05, 0) is 35.2 Å². The molecule has 3 amide bonds. The molecule has 1 saturated heterocycles. The van der Waals surface area contributed by atoms with Crippen molar-refractivity contribution in [3.63, 3.8) is 0 Å². The molecule has 2 fully saturated rings. The van der Waals surface area contributed by atoms with E-state index in [1.165, 1.54) is 7.11 Å². The molecular weight excluding hydrogens is 428 g/mol. The maximum Gasteiger partial charge on any atom is 0.316 e. The van der Waals surface area contributed by atoms with Gasteiger partial charge in [-0.3, -0.25) is 4.79 Å². The summed E-state index contributed by atoms with van der Waals surface area (Å²) in [7, 11) is 1.31. The van der Waals surface area contributed by atoms with E-state index in [4.69, 9.17) is 4.74 Å². The number of ether oxygens (including phenoxy) is 1. The number of nitrogens with one attached hydrogen (secondary N) is 3. The number of carbonyl (C=O) groups is 2. The Morgan fingerprint density at radius 2 is 1.76 bits per heavy atom. The molecule has 8 heteroatoms. The van der Waals surface area contributed by atoms with Crippen LogP contribution in [0.5, 0.6) is 5.75 Å². The van der Waals surface area contributed by atoms with Gasteiger partial charge in [0.25, 0.3) is 0 Å². The molecule has 170 valence electrons. The third kappa shape index (κ3) is 3.86. The number of hydrogen-bond donors (Lipinski definition) is 3. The van der Waals surface area contributed by atoms with E-state index < -0.39 is 41.1 Å². The molecule has 0 unspecified atom stereocenters. The topological polar surface area (TPSA) is 79.5 Å². The second kappa shape index (κ2) is 8.03. The molecule has 1 saturated carbocycles. The fourth-order valence-corrected chi connectivity index (χ4v) is 4.58. The molecule has 0 aromatic heterocycles. The van der Waals surface area contributed by atoms with Gasteiger partial charge >= 0.3 is 6.03 Å². The number of amides is 3. The highest BCUT2D eigenvalue weighted by atomic mass is 19.1. The largest absolute Gasteiger partial charge is 0.497 e. The van der Waals surface area contributed by atoms with Crippen molar-refractivity contribution in [1.82, 2.24) is 16.0 Å². The minimum atomic E-state index is -1.10. The predicted molar refractivity (Wildman–Crippen MR) is 119 cm³/mol. The first-order chi connectivity index (χ1) is 15.9. The lowest BCUT2D eigenvalue weighted by Crippen LogP contribution is -2.50. The van der Waals surface area contributed by atoms with E-state index in [1.807, 2.05) is 36.4 Å². The first-order valence-corrected chi connectivity index (χ1v) is 10.8. The molecule has 3 aromatic carbocycles. The van der Waals surface area contributed by atoms with Gasteiger partial charge in [-0.2, -0.15) is 0 Å². The number of halogens is 2. The van der Waals surface area contributed by atoms with Crippen LogP contribution in [-0.4, -0.2) is 31.6 Å². The standard InChI is InChI=1S/C25H23F2N3O3/c1-33-17-11-19(26)21(20(27)12-17)18-13-28-23(31)22(18)29-24(32)30-25(8-9-25)16-7-6-14-4-2-3-5-15(14)10-16/h2-7,10-12,18,22H,8-9,13H2,1H3,(H,28,31)(H2,29,30,32)/t18-,22-/m0/s1. The van der Waals surface area contributed by atoms with Gasteiger partial charge in [-0.15, -0.1) is 0 Å². The highest BCUT2D eigenvalue weighted by Gasteiger charge is 2.47. The summed E-state index contributed by atoms with van der Waals surface area (Å²) in [4.78, 5) is 25.3. The van der Waals surface area contributed by atoms with Crippen LogP contribution in [0.2, 0.25) is 0 Å². The SMILES string of the molecule is COc1cc(F)c([C@@H]2CNC(=O)[C@H]2NC(=O)NC2(c3ccc4ccccc4c3)CC2)c(F)c1. The maximum atomic E-state index is 14.6. The zero-order valence-electron chi connectivity index (χ0n) is 18.0. The Kier molecular flexibility index (Phi) is 5.15. The summed E-state index contributed by atoms with van der Waals surface area (Å²) in [6, 6.07) is 14.5. The predicted octanol–water partition coefficient (Wildman–Crippen LogP) is 3.70. The van der Waals surface area contributed by atoms with Crippen molar-refractivity contribution < 1.29 is 23.1 Å². The van der Waals surface area contributed by atoms with Crippen molar-refractivity contribution >= 4 is 22.7 Å². The smallest absolute Gasteiger partial charge is 0.316 e. The second-order valence-electron chi connectivity index (χ2n) is 8.58. The van der Waals surface area contributed by atoms with Crippen LogP contribution in [-0.2, 0) is 10.3 Å². The van der Waals surface area contributed by atoms with Gasteiger partial charge in [0, 0.05) is 30.2 Å². The maximum absolute atomic E-state index is 14.6. The Morgan fingerprint density at radius 1 is 1.06 bits per heavy atom. The Morgan fingerprint density at radius 3 is 2.42 bits per heavy atom. The van der Waals surface area contributed by atoms with Crippen molar-refractivity contribution in [2.45, 2.75) is 30.3 Å². The lowest BCUT2D eigenvalue weighted by atomic mass is 9.92. The number of benzene rings is 3. The lowest BCUT2D eigenvalue weighted by Gasteiger charge is -2.23. The van der Waals surface area contributed by atoms with E-state index >= 15 is 0 Å². The lowest BCUT2D eigenvalue weighted by molar-refractivity contribution is -0.120. The fraction of sp³-hybridized carbons (Fsp3) is 0.280. The van der Waals surface area contributed by atoms with E-state index in [0.717, 1.165) is 41.3 Å². The molecule has 2 atom stereocenters. The van der Waals surface area contributed by atoms with Crippen LogP contribution in [0.1, 0.15) is 29.9 Å². The average Bonchev–Trinajstić information content (AvgIpc) is 3.51. The highest BCUT2D eigenvalue weighted by molar-refractivity contribution is 5.90. The van der Waals surface area contributed by atoms with Crippen molar-refractivity contribution in [3.05, 3.63) is 77.4 Å². The van der Waals surface area contributed by atoms with Gasteiger partial charge in [0.05, 0.1) is 12.6 Å². The summed E-state index contributed by atoms with van der Waals surface area (Å²) in [6.07, 6.45) is 1.53. The van der Waals surface area contributed by atoms with Crippen LogP contribution >= 0.6 is 0 Å². The molecule has 1 heterocycles. The number of urea groups is 1. The first kappa shape index (κ1) is 21.2. The summed E-state index contributed by atoms with van der Waals surface area (Å²) in [5.74, 6) is -2.98. The van der Waals surface area contributed by atoms with Gasteiger partial charge in [0.2, 0.25) is 5.91 Å². The molecule has 2 aliphatic rings. The molecule has 33 heavy (non-hydrogen) atoms. The molecule has 0 radical (unpaired) electrons. The van der Waals surface area contributed by atoms with Crippen LogP contribution in [0.3, 0.4) is 0 Å². The van der Waals surface area contributed by atoms with E-state index in [1.54, 1.807) is 0 Å². The average molecular weight is 451 g/mol. The summed E-state index contributed by atoms with van der Waals surface area (Å²) >= 11 is 0. The number of fused-ring (bicyclic) bond motifs is 1. The number of hydrogen-bond acceptors (Lipinski definition) is 3. The molecule has 3 aromatic rings. The quantitative estimate of drug-likeness (QED) is 0.554. The minimum absolute atomic E-state index is 0.0137. The Hall–Kier alpha value is -3.68. The Labute approximate surface area is 189 Å². The van der Waals surface area contributed by atoms with E-state index in [0.29, 0.717) is 0 Å². The van der Waals surface area contributed by atoms with Crippen LogP contribution in [0.15, 0.2) is 54.6 Å². The molecule has 1 aliphatic carbocycles. The number of methoxy groups -OCH3 is 1. The van der Waals surface area contributed by atoms with E-state index in [9.17, 15) is 18.4 Å². The van der Waals surface area contributed by atoms with Gasteiger partial charge in [0.15, 0.2) is 0 Å². The normalized spacial score (nSPS) is 20.9. The molecule has 5 rings (SSSR count). The minimum Gasteiger partial charge on any atom is -0.497 e. The van der Waals surface area contributed by atoms with Crippen molar-refractivity contribution in [1.29, 1.82) is 0 Å². The molecule has 1 aliphatic heterocycles. The summed E-state index contributed by atoms with van der Waals surface area (Å²) in [5, 5.41) is 10.4. The number of carbonyl (C=O) groups excluding carboxylic acids is 2. The van der Waals surface area contributed by atoms with Crippen LogP contribution < -0.4 is 20.7 Å². The summed E-state index contributed by atoms with van der Waals surface area (Å²) in [5.41, 5.74) is 0.209. The molecule has 6 nitrogen and oxygen atoms in total. The van der Waals surface area contributed by atoms with Crippen molar-refractivity contribution in [2.24, 2.45) is 0 Å². The molecule has 0 bridgehead atoms. The van der Waals surface area contributed by atoms with Gasteiger partial charge in [0.1, 0.15) is 23.4 Å². The first-order valence-electron chi connectivity index (χ1n) is 10.8. The monoisotopic (exact) mass is 451 g/mol. The third-order valence-electron chi connectivity index (χ3n) is 6.53. The zero-order chi connectivity index (χ0) is 23.2. The Bertz CT molecular complexity index is 1240. The van der Waals surface area contributed by atoms with Crippen LogP contribution in [0, 0.1) is 11.6 Å². The molecular formula is C25H23F2N3O3. The summed E-state index contributed by atoms with van der Waals surface area (Å²) < 4.78 is 34.2. The second-order valence-corrected chi connectivity index (χ2v) is 8.58. The third-order valence-corrected chi connectivity index (χ3v) is 6.53. The zero-order valence-corrected chi connectivity index (χ0v) is 18.0. The van der Waals surface area contributed by atoms with Crippen LogP contribution in [0.4, 0.5) is 13.6 Å². The Balaban J connectivity index is 1.35.